The molecule has 0 aromatic carbocycles. The highest BCUT2D eigenvalue weighted by molar-refractivity contribution is 4.87. The van der Waals surface area contributed by atoms with Gasteiger partial charge < -0.3 is 24.3 Å². The number of morpholine rings is 1. The molecule has 1 unspecified atom stereocenters. The van der Waals surface area contributed by atoms with Gasteiger partial charge in [-0.05, 0) is 0 Å². The Morgan fingerprint density at radius 3 is 2.44 bits per heavy atom. The predicted molar refractivity (Wildman–Crippen MR) is 55.9 cm³/mol. The molecule has 5 heteroatoms. The van der Waals surface area contributed by atoms with Gasteiger partial charge in [-0.1, -0.05) is 6.92 Å². The monoisotopic (exact) mass is 229 g/mol. The molecule has 5 nitrogen and oxygen atoms in total. The van der Waals surface area contributed by atoms with Gasteiger partial charge in [-0.25, -0.2) is 0 Å². The Labute approximate surface area is 95.4 Å². The highest BCUT2D eigenvalue weighted by Crippen LogP contribution is 2.40. The molecule has 1 atom stereocenters. The molecule has 0 aromatic heterocycles. The molecular weight excluding hydrogens is 210 g/mol. The van der Waals surface area contributed by atoms with E-state index in [9.17, 15) is 0 Å². The van der Waals surface area contributed by atoms with Gasteiger partial charge in [0, 0.05) is 24.4 Å². The quantitative estimate of drug-likeness (QED) is 0.728. The van der Waals surface area contributed by atoms with Crippen LogP contribution < -0.4 is 5.32 Å². The highest BCUT2D eigenvalue weighted by Gasteiger charge is 2.51. The lowest BCUT2D eigenvalue weighted by molar-refractivity contribution is -0.469. The summed E-state index contributed by atoms with van der Waals surface area (Å²) in [6, 6.07) is 0.260. The van der Waals surface area contributed by atoms with E-state index in [4.69, 9.17) is 18.9 Å². The van der Waals surface area contributed by atoms with Gasteiger partial charge in [0.1, 0.15) is 0 Å². The lowest BCUT2D eigenvalue weighted by atomic mass is 9.91. The van der Waals surface area contributed by atoms with Crippen molar-refractivity contribution in [3.63, 3.8) is 0 Å². The molecule has 92 valence electrons. The smallest absolute Gasteiger partial charge is 0.284 e. The van der Waals surface area contributed by atoms with Crippen LogP contribution in [0.4, 0.5) is 0 Å². The third-order valence-electron chi connectivity index (χ3n) is 3.42. The molecule has 16 heavy (non-hydrogen) atoms. The van der Waals surface area contributed by atoms with Gasteiger partial charge in [-0.3, -0.25) is 0 Å². The number of ether oxygens (including phenoxy) is 4. The van der Waals surface area contributed by atoms with E-state index in [1.165, 1.54) is 0 Å². The van der Waals surface area contributed by atoms with E-state index in [1.54, 1.807) is 0 Å². The molecule has 4 aliphatic heterocycles. The minimum atomic E-state index is -0.823. The summed E-state index contributed by atoms with van der Waals surface area (Å²) in [6.07, 6.45) is 0.698. The summed E-state index contributed by atoms with van der Waals surface area (Å²) in [4.78, 5) is 0. The maximum Gasteiger partial charge on any atom is 0.284 e. The van der Waals surface area contributed by atoms with E-state index in [-0.39, 0.29) is 11.5 Å². The lowest BCUT2D eigenvalue weighted by Crippen LogP contribution is -2.61. The molecule has 2 bridgehead atoms. The fraction of sp³-hybridized carbons (Fsp3) is 1.00. The van der Waals surface area contributed by atoms with Crippen LogP contribution in [0.3, 0.4) is 0 Å². The summed E-state index contributed by atoms with van der Waals surface area (Å²) in [5.41, 5.74) is 0.0399. The second-order valence-corrected chi connectivity index (χ2v) is 5.29. The average molecular weight is 229 g/mol. The first-order chi connectivity index (χ1) is 7.70. The fourth-order valence-electron chi connectivity index (χ4n) is 2.33. The van der Waals surface area contributed by atoms with Crippen LogP contribution in [0.2, 0.25) is 0 Å². The van der Waals surface area contributed by atoms with Crippen LogP contribution in [-0.4, -0.2) is 51.6 Å². The van der Waals surface area contributed by atoms with Crippen LogP contribution in [0.1, 0.15) is 13.3 Å². The van der Waals surface area contributed by atoms with Crippen LogP contribution in [-0.2, 0) is 18.9 Å². The maximum absolute atomic E-state index is 5.73. The van der Waals surface area contributed by atoms with E-state index in [1.807, 2.05) is 0 Å². The number of rotatable bonds is 2. The largest absolute Gasteiger partial charge is 0.379 e. The predicted octanol–water partition coefficient (Wildman–Crippen LogP) is 0.102. The topological polar surface area (TPSA) is 49.0 Å². The first kappa shape index (κ1) is 10.9. The molecule has 1 N–H and O–H groups in total. The first-order valence-electron chi connectivity index (χ1n) is 5.93. The van der Waals surface area contributed by atoms with Gasteiger partial charge in [0.15, 0.2) is 0 Å². The maximum atomic E-state index is 5.73. The van der Waals surface area contributed by atoms with E-state index in [0.29, 0.717) is 13.0 Å². The van der Waals surface area contributed by atoms with Crippen LogP contribution in [0.25, 0.3) is 0 Å². The molecule has 0 spiro atoms. The third-order valence-corrected chi connectivity index (χ3v) is 3.42. The Morgan fingerprint density at radius 1 is 1.19 bits per heavy atom. The molecule has 4 fully saturated rings. The summed E-state index contributed by atoms with van der Waals surface area (Å²) >= 11 is 0. The van der Waals surface area contributed by atoms with E-state index in [0.717, 1.165) is 33.0 Å². The van der Waals surface area contributed by atoms with Crippen molar-refractivity contribution in [3.05, 3.63) is 0 Å². The van der Waals surface area contributed by atoms with Crippen molar-refractivity contribution in [2.24, 2.45) is 5.41 Å². The molecule has 0 saturated carbocycles. The summed E-state index contributed by atoms with van der Waals surface area (Å²) in [7, 11) is 0. The van der Waals surface area contributed by atoms with Gasteiger partial charge in [-0.15, -0.1) is 0 Å². The third kappa shape index (κ3) is 1.98. The van der Waals surface area contributed by atoms with Gasteiger partial charge in [0.2, 0.25) is 0 Å². The lowest BCUT2D eigenvalue weighted by Gasteiger charge is -2.51. The number of fused-ring (bicyclic) bond motifs is 3. The average Bonchev–Trinajstić information content (AvgIpc) is 2.33. The molecule has 4 saturated heterocycles. The zero-order valence-electron chi connectivity index (χ0n) is 9.66. The van der Waals surface area contributed by atoms with Crippen molar-refractivity contribution < 1.29 is 18.9 Å². The van der Waals surface area contributed by atoms with Crippen LogP contribution in [0.15, 0.2) is 0 Å². The molecule has 0 aliphatic carbocycles. The molecular formula is C11H19NO4. The molecule has 4 heterocycles. The number of hydrogen-bond donors (Lipinski definition) is 1. The summed E-state index contributed by atoms with van der Waals surface area (Å²) in [6.45, 7) is 6.66. The molecule has 0 radical (unpaired) electrons. The SMILES string of the molecule is CC12COC(CC3COCCN3)(OC1)OC2. The van der Waals surface area contributed by atoms with Crippen molar-refractivity contribution in [2.75, 3.05) is 39.6 Å². The first-order valence-corrected chi connectivity index (χ1v) is 5.93. The van der Waals surface area contributed by atoms with Crippen LogP contribution in [0, 0.1) is 5.41 Å². The van der Waals surface area contributed by atoms with Gasteiger partial charge >= 0.3 is 0 Å². The standard InChI is InChI=1S/C11H19NO4/c1-10-6-14-11(15-7-10,16-8-10)4-9-5-13-3-2-12-9/h9,12H,2-8H2,1H3. The molecule has 0 amide bonds. The minimum Gasteiger partial charge on any atom is -0.379 e. The second-order valence-electron chi connectivity index (χ2n) is 5.29. The zero-order chi connectivity index (χ0) is 11.1. The van der Waals surface area contributed by atoms with Crippen LogP contribution >= 0.6 is 0 Å². The Kier molecular flexibility index (Phi) is 2.68. The van der Waals surface area contributed by atoms with Crippen molar-refractivity contribution >= 4 is 0 Å². The van der Waals surface area contributed by atoms with Crippen molar-refractivity contribution in [2.45, 2.75) is 25.4 Å². The number of nitrogens with one attached hydrogen (secondary N) is 1. The van der Waals surface area contributed by atoms with E-state index in [2.05, 4.69) is 12.2 Å². The Hall–Kier alpha value is -0.200. The fourth-order valence-corrected chi connectivity index (χ4v) is 2.33. The summed E-state index contributed by atoms with van der Waals surface area (Å²) < 4.78 is 22.6. The second kappa shape index (κ2) is 3.92. The molecule has 4 aliphatic rings. The van der Waals surface area contributed by atoms with Crippen molar-refractivity contribution in [1.82, 2.24) is 5.32 Å². The normalized spacial score (nSPS) is 48.2. The Bertz CT molecular complexity index is 240. The zero-order valence-corrected chi connectivity index (χ0v) is 9.66. The van der Waals surface area contributed by atoms with Gasteiger partial charge in [0.05, 0.1) is 33.0 Å². The Morgan fingerprint density at radius 2 is 1.88 bits per heavy atom. The molecule has 0 aromatic rings. The summed E-state index contributed by atoms with van der Waals surface area (Å²) in [5.74, 6) is -0.823. The van der Waals surface area contributed by atoms with Crippen molar-refractivity contribution in [1.29, 1.82) is 0 Å². The number of hydrogen-bond acceptors (Lipinski definition) is 5. The minimum absolute atomic E-state index is 0.0399. The van der Waals surface area contributed by atoms with E-state index >= 15 is 0 Å². The molecule has 4 rings (SSSR count). The van der Waals surface area contributed by atoms with Gasteiger partial charge in [0.25, 0.3) is 5.97 Å². The van der Waals surface area contributed by atoms with Crippen LogP contribution in [0.5, 0.6) is 0 Å². The van der Waals surface area contributed by atoms with E-state index < -0.39 is 5.97 Å². The van der Waals surface area contributed by atoms with Gasteiger partial charge in [-0.2, -0.15) is 0 Å². The highest BCUT2D eigenvalue weighted by atomic mass is 16.9. The summed E-state index contributed by atoms with van der Waals surface area (Å²) in [5, 5.41) is 3.39. The van der Waals surface area contributed by atoms with Crippen molar-refractivity contribution in [3.8, 4) is 0 Å². The Balaban J connectivity index is 1.61.